The van der Waals surface area contributed by atoms with Crippen LogP contribution in [0.25, 0.3) is 10.9 Å². The van der Waals surface area contributed by atoms with Gasteiger partial charge in [0.05, 0.1) is 11.7 Å². The summed E-state index contributed by atoms with van der Waals surface area (Å²) in [5.74, 6) is -0.862. The van der Waals surface area contributed by atoms with Crippen molar-refractivity contribution in [2.24, 2.45) is 0 Å². The van der Waals surface area contributed by atoms with Crippen LogP contribution in [0.4, 0.5) is 14.5 Å². The number of benzene rings is 2. The highest BCUT2D eigenvalue weighted by Crippen LogP contribution is 2.18. The van der Waals surface area contributed by atoms with Crippen LogP contribution in [0.5, 0.6) is 0 Å². The predicted octanol–water partition coefficient (Wildman–Crippen LogP) is 3.45. The SMILES string of the molecule is Fc1ccc(F)c(CNc2ccc3cn[nH]c3c2)c1. The Labute approximate surface area is 108 Å². The molecule has 3 nitrogen and oxygen atoms in total. The van der Waals surface area contributed by atoms with E-state index in [0.29, 0.717) is 5.56 Å². The summed E-state index contributed by atoms with van der Waals surface area (Å²) in [4.78, 5) is 0. The van der Waals surface area contributed by atoms with Gasteiger partial charge in [0.25, 0.3) is 0 Å². The number of nitrogens with zero attached hydrogens (tertiary/aromatic N) is 1. The highest BCUT2D eigenvalue weighted by atomic mass is 19.1. The van der Waals surface area contributed by atoms with Crippen LogP contribution >= 0.6 is 0 Å². The summed E-state index contributed by atoms with van der Waals surface area (Å²) in [5.41, 5.74) is 2.01. The minimum absolute atomic E-state index is 0.225. The van der Waals surface area contributed by atoms with Gasteiger partial charge in [-0.1, -0.05) is 0 Å². The van der Waals surface area contributed by atoms with E-state index in [2.05, 4.69) is 15.5 Å². The minimum Gasteiger partial charge on any atom is -0.381 e. The van der Waals surface area contributed by atoms with Gasteiger partial charge in [0.1, 0.15) is 11.6 Å². The van der Waals surface area contributed by atoms with Crippen molar-refractivity contribution in [2.75, 3.05) is 5.32 Å². The molecule has 0 aliphatic heterocycles. The summed E-state index contributed by atoms with van der Waals surface area (Å²) in [7, 11) is 0. The third-order valence-electron chi connectivity index (χ3n) is 2.93. The van der Waals surface area contributed by atoms with Crippen molar-refractivity contribution in [3.63, 3.8) is 0 Å². The molecule has 3 aromatic rings. The molecule has 0 amide bonds. The summed E-state index contributed by atoms with van der Waals surface area (Å²) < 4.78 is 26.5. The summed E-state index contributed by atoms with van der Waals surface area (Å²) >= 11 is 0. The number of aromatic amines is 1. The first-order chi connectivity index (χ1) is 9.22. The lowest BCUT2D eigenvalue weighted by Crippen LogP contribution is -2.02. The fraction of sp³-hybridized carbons (Fsp3) is 0.0714. The average molecular weight is 259 g/mol. The first kappa shape index (κ1) is 11.6. The van der Waals surface area contributed by atoms with Crippen molar-refractivity contribution in [1.82, 2.24) is 10.2 Å². The standard InChI is InChI=1S/C14H11F2N3/c15-11-2-4-13(16)10(5-11)7-17-12-3-1-9-8-18-19-14(9)6-12/h1-6,8,17H,7H2,(H,18,19). The second-order valence-electron chi connectivity index (χ2n) is 4.26. The van der Waals surface area contributed by atoms with E-state index in [4.69, 9.17) is 0 Å². The highest BCUT2D eigenvalue weighted by Gasteiger charge is 2.04. The number of H-pyrrole nitrogens is 1. The van der Waals surface area contributed by atoms with E-state index < -0.39 is 11.6 Å². The quantitative estimate of drug-likeness (QED) is 0.756. The van der Waals surface area contributed by atoms with Crippen LogP contribution < -0.4 is 5.32 Å². The van der Waals surface area contributed by atoms with Crippen molar-refractivity contribution >= 4 is 16.6 Å². The van der Waals surface area contributed by atoms with Crippen molar-refractivity contribution in [3.8, 4) is 0 Å². The van der Waals surface area contributed by atoms with E-state index in [0.717, 1.165) is 28.7 Å². The molecule has 19 heavy (non-hydrogen) atoms. The summed E-state index contributed by atoms with van der Waals surface area (Å²) in [6.07, 6.45) is 1.73. The number of hydrogen-bond donors (Lipinski definition) is 2. The molecule has 5 heteroatoms. The molecule has 0 saturated carbocycles. The molecule has 96 valence electrons. The van der Waals surface area contributed by atoms with Crippen LogP contribution in [0.2, 0.25) is 0 Å². The molecule has 0 bridgehead atoms. The lowest BCUT2D eigenvalue weighted by Gasteiger charge is -2.07. The van der Waals surface area contributed by atoms with Crippen LogP contribution in [0.1, 0.15) is 5.56 Å². The Morgan fingerprint density at radius 2 is 2.00 bits per heavy atom. The number of rotatable bonds is 3. The number of nitrogens with one attached hydrogen (secondary N) is 2. The number of aromatic nitrogens is 2. The van der Waals surface area contributed by atoms with Crippen molar-refractivity contribution < 1.29 is 8.78 Å². The molecule has 1 heterocycles. The van der Waals surface area contributed by atoms with Gasteiger partial charge in [-0.25, -0.2) is 8.78 Å². The predicted molar refractivity (Wildman–Crippen MR) is 69.8 cm³/mol. The number of fused-ring (bicyclic) bond motifs is 1. The summed E-state index contributed by atoms with van der Waals surface area (Å²) in [6, 6.07) is 9.08. The third kappa shape index (κ3) is 2.40. The minimum atomic E-state index is -0.442. The second-order valence-corrected chi connectivity index (χ2v) is 4.26. The van der Waals surface area contributed by atoms with Crippen LogP contribution in [0, 0.1) is 11.6 Å². The second kappa shape index (κ2) is 4.68. The van der Waals surface area contributed by atoms with Crippen LogP contribution in [-0.2, 0) is 6.54 Å². The smallest absolute Gasteiger partial charge is 0.128 e. The molecule has 0 spiro atoms. The Bertz CT molecular complexity index is 722. The fourth-order valence-corrected chi connectivity index (χ4v) is 1.92. The molecule has 2 aromatic carbocycles. The van der Waals surface area contributed by atoms with Gasteiger partial charge in [-0.3, -0.25) is 5.10 Å². The van der Waals surface area contributed by atoms with Crippen molar-refractivity contribution in [3.05, 3.63) is 59.8 Å². The van der Waals surface area contributed by atoms with Crippen LogP contribution in [0.15, 0.2) is 42.6 Å². The van der Waals surface area contributed by atoms with Gasteiger partial charge in [0.15, 0.2) is 0 Å². The Balaban J connectivity index is 1.79. The molecular formula is C14H11F2N3. The summed E-state index contributed by atoms with van der Waals surface area (Å²) in [6.45, 7) is 0.225. The van der Waals surface area contributed by atoms with E-state index in [9.17, 15) is 8.78 Å². The Morgan fingerprint density at radius 1 is 1.11 bits per heavy atom. The zero-order valence-electron chi connectivity index (χ0n) is 9.95. The van der Waals surface area contributed by atoms with E-state index in [-0.39, 0.29) is 6.54 Å². The maximum absolute atomic E-state index is 13.5. The fourth-order valence-electron chi connectivity index (χ4n) is 1.92. The van der Waals surface area contributed by atoms with E-state index in [1.54, 1.807) is 6.20 Å². The molecule has 0 radical (unpaired) electrons. The van der Waals surface area contributed by atoms with Gasteiger partial charge in [-0.15, -0.1) is 0 Å². The summed E-state index contributed by atoms with van der Waals surface area (Å²) in [5, 5.41) is 10.8. The third-order valence-corrected chi connectivity index (χ3v) is 2.93. The Kier molecular flexibility index (Phi) is 2.87. The van der Waals surface area contributed by atoms with Crippen LogP contribution in [0.3, 0.4) is 0 Å². The first-order valence-corrected chi connectivity index (χ1v) is 5.83. The zero-order chi connectivity index (χ0) is 13.2. The van der Waals surface area contributed by atoms with Crippen molar-refractivity contribution in [2.45, 2.75) is 6.54 Å². The first-order valence-electron chi connectivity index (χ1n) is 5.83. The van der Waals surface area contributed by atoms with Gasteiger partial charge < -0.3 is 5.32 Å². The lowest BCUT2D eigenvalue weighted by molar-refractivity contribution is 0.587. The van der Waals surface area contributed by atoms with E-state index in [1.165, 1.54) is 6.07 Å². The number of hydrogen-bond acceptors (Lipinski definition) is 2. The topological polar surface area (TPSA) is 40.7 Å². The molecule has 0 saturated heterocycles. The molecule has 0 fully saturated rings. The maximum atomic E-state index is 13.5. The highest BCUT2D eigenvalue weighted by molar-refractivity contribution is 5.81. The van der Waals surface area contributed by atoms with Crippen molar-refractivity contribution in [1.29, 1.82) is 0 Å². The molecule has 0 unspecified atom stereocenters. The zero-order valence-corrected chi connectivity index (χ0v) is 9.95. The van der Waals surface area contributed by atoms with E-state index >= 15 is 0 Å². The molecule has 0 atom stereocenters. The van der Waals surface area contributed by atoms with E-state index in [1.807, 2.05) is 18.2 Å². The van der Waals surface area contributed by atoms with Gasteiger partial charge in [0.2, 0.25) is 0 Å². The van der Waals surface area contributed by atoms with Gasteiger partial charge in [-0.2, -0.15) is 5.10 Å². The normalized spacial score (nSPS) is 10.8. The molecule has 0 aliphatic rings. The number of halogens is 2. The monoisotopic (exact) mass is 259 g/mol. The Morgan fingerprint density at radius 3 is 2.89 bits per heavy atom. The molecule has 2 N–H and O–H groups in total. The maximum Gasteiger partial charge on any atom is 0.128 e. The molecule has 1 aromatic heterocycles. The lowest BCUT2D eigenvalue weighted by atomic mass is 10.2. The largest absolute Gasteiger partial charge is 0.381 e. The molecule has 3 rings (SSSR count). The van der Waals surface area contributed by atoms with Crippen LogP contribution in [-0.4, -0.2) is 10.2 Å². The molecular weight excluding hydrogens is 248 g/mol. The molecule has 0 aliphatic carbocycles. The van der Waals surface area contributed by atoms with Gasteiger partial charge in [0, 0.05) is 23.2 Å². The van der Waals surface area contributed by atoms with Gasteiger partial charge in [-0.05, 0) is 36.4 Å². The van der Waals surface area contributed by atoms with Gasteiger partial charge >= 0.3 is 0 Å². The number of anilines is 1. The average Bonchev–Trinajstić information content (AvgIpc) is 2.87. The Hall–Kier alpha value is -2.43.